The van der Waals surface area contributed by atoms with Gasteiger partial charge in [-0.3, -0.25) is 0 Å². The van der Waals surface area contributed by atoms with E-state index in [1.165, 1.54) is 17.7 Å². The van der Waals surface area contributed by atoms with E-state index in [0.717, 1.165) is 13.0 Å². The third kappa shape index (κ3) is 3.19. The molecular formula is C14H19BrN2. The maximum Gasteiger partial charge on any atom is 0.248 e. The zero-order valence-corrected chi connectivity index (χ0v) is 12.0. The van der Waals surface area contributed by atoms with Gasteiger partial charge in [-0.2, -0.15) is 0 Å². The highest BCUT2D eigenvalue weighted by atomic mass is 79.9. The van der Waals surface area contributed by atoms with E-state index in [0.29, 0.717) is 0 Å². The van der Waals surface area contributed by atoms with Crippen molar-refractivity contribution in [2.75, 3.05) is 0 Å². The zero-order chi connectivity index (χ0) is 11.4. The van der Waals surface area contributed by atoms with Crippen molar-refractivity contribution in [1.82, 2.24) is 4.57 Å². The summed E-state index contributed by atoms with van der Waals surface area (Å²) in [6.07, 6.45) is 8.67. The molecule has 92 valence electrons. The molecule has 0 unspecified atom stereocenters. The van der Waals surface area contributed by atoms with Crippen LogP contribution < -0.4 is 21.5 Å². The van der Waals surface area contributed by atoms with Crippen molar-refractivity contribution in [2.45, 2.75) is 33.2 Å². The molecule has 0 radical (unpaired) electrons. The molecule has 0 amide bonds. The largest absolute Gasteiger partial charge is 1.00 e. The molecule has 2 rings (SSSR count). The number of hydrogen-bond acceptors (Lipinski definition) is 0. The van der Waals surface area contributed by atoms with Crippen LogP contribution >= 0.6 is 0 Å². The molecule has 0 saturated heterocycles. The first-order chi connectivity index (χ1) is 7.85. The van der Waals surface area contributed by atoms with Crippen LogP contribution in [0.3, 0.4) is 0 Å². The molecule has 1 heterocycles. The predicted octanol–water partition coefficient (Wildman–Crippen LogP) is -0.259. The molecular weight excluding hydrogens is 276 g/mol. The van der Waals surface area contributed by atoms with Gasteiger partial charge in [-0.05, 0) is 24.5 Å². The second-order valence-electron chi connectivity index (χ2n) is 4.04. The number of aromatic nitrogens is 2. The van der Waals surface area contributed by atoms with Crippen LogP contribution in [0.1, 0.15) is 25.8 Å². The van der Waals surface area contributed by atoms with Gasteiger partial charge in [-0.1, -0.05) is 32.0 Å². The second kappa shape index (κ2) is 6.60. The Labute approximate surface area is 114 Å². The third-order valence-electron chi connectivity index (χ3n) is 2.82. The van der Waals surface area contributed by atoms with Gasteiger partial charge in [0, 0.05) is 0 Å². The minimum absolute atomic E-state index is 0. The molecule has 2 aromatic rings. The van der Waals surface area contributed by atoms with Gasteiger partial charge in [-0.15, -0.1) is 0 Å². The Kier molecular flexibility index (Phi) is 5.42. The summed E-state index contributed by atoms with van der Waals surface area (Å²) in [6.45, 7) is 5.48. The highest BCUT2D eigenvalue weighted by Crippen LogP contribution is 2.13. The lowest BCUT2D eigenvalue weighted by atomic mass is 10.1. The molecule has 0 saturated carbocycles. The van der Waals surface area contributed by atoms with Crippen LogP contribution in [0.15, 0.2) is 43.0 Å². The molecule has 0 spiro atoms. The van der Waals surface area contributed by atoms with E-state index < -0.39 is 0 Å². The van der Waals surface area contributed by atoms with Crippen LogP contribution in [0, 0.1) is 0 Å². The number of rotatable bonds is 4. The molecule has 2 nitrogen and oxygen atoms in total. The molecule has 1 aromatic heterocycles. The number of halogens is 1. The summed E-state index contributed by atoms with van der Waals surface area (Å²) in [4.78, 5) is 0. The minimum atomic E-state index is 0. The predicted molar refractivity (Wildman–Crippen MR) is 65.6 cm³/mol. The van der Waals surface area contributed by atoms with Gasteiger partial charge in [0.1, 0.15) is 18.1 Å². The van der Waals surface area contributed by atoms with E-state index in [-0.39, 0.29) is 17.0 Å². The fraction of sp³-hybridized carbons (Fsp3) is 0.357. The summed E-state index contributed by atoms with van der Waals surface area (Å²) in [7, 11) is 0. The Bertz CT molecular complexity index is 463. The first-order valence-electron chi connectivity index (χ1n) is 6.00. The Morgan fingerprint density at radius 1 is 1.18 bits per heavy atom. The molecule has 1 aromatic carbocycles. The average Bonchev–Trinajstić information content (AvgIpc) is 2.78. The Morgan fingerprint density at radius 3 is 2.65 bits per heavy atom. The summed E-state index contributed by atoms with van der Waals surface area (Å²) in [5.41, 5.74) is 2.68. The molecule has 0 aliphatic rings. The fourth-order valence-electron chi connectivity index (χ4n) is 1.99. The molecule has 17 heavy (non-hydrogen) atoms. The number of imidazole rings is 1. The van der Waals surface area contributed by atoms with Gasteiger partial charge >= 0.3 is 0 Å². The highest BCUT2D eigenvalue weighted by molar-refractivity contribution is 5.40. The SMILES string of the molecule is CCC[n+]1ccn(-c2ccccc2CC)c1.[Br-]. The van der Waals surface area contributed by atoms with Crippen molar-refractivity contribution in [3.63, 3.8) is 0 Å². The first-order valence-corrected chi connectivity index (χ1v) is 6.00. The van der Waals surface area contributed by atoms with E-state index >= 15 is 0 Å². The molecule has 3 heteroatoms. The smallest absolute Gasteiger partial charge is 0.248 e. The van der Waals surface area contributed by atoms with Gasteiger partial charge in [0.05, 0.1) is 6.54 Å². The summed E-state index contributed by atoms with van der Waals surface area (Å²) >= 11 is 0. The summed E-state index contributed by atoms with van der Waals surface area (Å²) in [5, 5.41) is 0. The number of hydrogen-bond donors (Lipinski definition) is 0. The van der Waals surface area contributed by atoms with Crippen LogP contribution in [-0.2, 0) is 13.0 Å². The van der Waals surface area contributed by atoms with E-state index in [9.17, 15) is 0 Å². The van der Waals surface area contributed by atoms with Gasteiger partial charge in [0.25, 0.3) is 0 Å². The van der Waals surface area contributed by atoms with Crippen molar-refractivity contribution in [1.29, 1.82) is 0 Å². The molecule has 0 fully saturated rings. The Morgan fingerprint density at radius 2 is 1.94 bits per heavy atom. The lowest BCUT2D eigenvalue weighted by molar-refractivity contribution is -0.696. The summed E-state index contributed by atoms with van der Waals surface area (Å²) < 4.78 is 4.43. The zero-order valence-electron chi connectivity index (χ0n) is 10.4. The van der Waals surface area contributed by atoms with Crippen molar-refractivity contribution in [3.8, 4) is 5.69 Å². The summed E-state index contributed by atoms with van der Waals surface area (Å²) in [6, 6.07) is 8.57. The van der Waals surface area contributed by atoms with E-state index in [2.05, 4.69) is 66.0 Å². The maximum absolute atomic E-state index is 2.23. The lowest BCUT2D eigenvalue weighted by Gasteiger charge is -2.02. The first kappa shape index (κ1) is 14.0. The molecule has 0 aliphatic carbocycles. The second-order valence-corrected chi connectivity index (χ2v) is 4.04. The number of aryl methyl sites for hydroxylation is 2. The van der Waals surface area contributed by atoms with Gasteiger partial charge < -0.3 is 17.0 Å². The fourth-order valence-corrected chi connectivity index (χ4v) is 1.99. The topological polar surface area (TPSA) is 8.81 Å². The van der Waals surface area contributed by atoms with Crippen molar-refractivity contribution in [2.24, 2.45) is 0 Å². The number of para-hydroxylation sites is 1. The van der Waals surface area contributed by atoms with E-state index in [4.69, 9.17) is 0 Å². The highest BCUT2D eigenvalue weighted by Gasteiger charge is 2.08. The standard InChI is InChI=1S/C14H19N2.BrH/c1-3-9-15-10-11-16(12-15)14-8-6-5-7-13(14)4-2;/h5-8,10-12H,3-4,9H2,1-2H3;1H/q+1;/p-1. The van der Waals surface area contributed by atoms with Crippen LogP contribution in [0.2, 0.25) is 0 Å². The molecule has 0 aliphatic heterocycles. The van der Waals surface area contributed by atoms with Crippen molar-refractivity contribution in [3.05, 3.63) is 48.5 Å². The lowest BCUT2D eigenvalue weighted by Crippen LogP contribution is -3.00. The molecule has 0 atom stereocenters. The van der Waals surface area contributed by atoms with Crippen LogP contribution in [0.5, 0.6) is 0 Å². The van der Waals surface area contributed by atoms with E-state index in [1.54, 1.807) is 0 Å². The van der Waals surface area contributed by atoms with Crippen LogP contribution in [-0.4, -0.2) is 4.57 Å². The molecule has 0 bridgehead atoms. The van der Waals surface area contributed by atoms with E-state index in [1.807, 2.05) is 0 Å². The maximum atomic E-state index is 2.23. The molecule has 0 N–H and O–H groups in total. The normalized spacial score (nSPS) is 10.0. The third-order valence-corrected chi connectivity index (χ3v) is 2.82. The van der Waals surface area contributed by atoms with Gasteiger partial charge in [0.15, 0.2) is 0 Å². The summed E-state index contributed by atoms with van der Waals surface area (Å²) in [5.74, 6) is 0. The Hall–Kier alpha value is -1.09. The van der Waals surface area contributed by atoms with Crippen LogP contribution in [0.25, 0.3) is 5.69 Å². The van der Waals surface area contributed by atoms with Crippen LogP contribution in [0.4, 0.5) is 0 Å². The number of benzene rings is 1. The Balaban J connectivity index is 0.00000144. The monoisotopic (exact) mass is 294 g/mol. The van der Waals surface area contributed by atoms with Crippen molar-refractivity contribution >= 4 is 0 Å². The van der Waals surface area contributed by atoms with Gasteiger partial charge in [-0.25, -0.2) is 9.13 Å². The van der Waals surface area contributed by atoms with Crippen molar-refractivity contribution < 1.29 is 21.5 Å². The average molecular weight is 295 g/mol. The minimum Gasteiger partial charge on any atom is -1.00 e. The number of nitrogens with zero attached hydrogens (tertiary/aromatic N) is 2. The quantitative estimate of drug-likeness (QED) is 0.687. The van der Waals surface area contributed by atoms with Gasteiger partial charge in [0.2, 0.25) is 6.33 Å².